The van der Waals surface area contributed by atoms with E-state index in [9.17, 15) is 0 Å². The summed E-state index contributed by atoms with van der Waals surface area (Å²) in [7, 11) is 0. The van der Waals surface area contributed by atoms with Crippen LogP contribution in [0.4, 0.5) is 17.1 Å². The van der Waals surface area contributed by atoms with Crippen molar-refractivity contribution in [3.8, 4) is 16.8 Å². The number of furan rings is 1. The van der Waals surface area contributed by atoms with Crippen molar-refractivity contribution >= 4 is 82.4 Å². The first kappa shape index (κ1) is 29.6. The van der Waals surface area contributed by atoms with Crippen LogP contribution in [-0.2, 0) is 0 Å². The Balaban J connectivity index is 1.20. The highest BCUT2D eigenvalue weighted by Crippen LogP contribution is 2.46. The number of para-hydroxylation sites is 2. The topological polar surface area (TPSA) is 21.3 Å². The van der Waals surface area contributed by atoms with Crippen LogP contribution in [0.5, 0.6) is 0 Å². The van der Waals surface area contributed by atoms with Gasteiger partial charge >= 0.3 is 0 Å². The minimum Gasteiger partial charge on any atom is -0.455 e. The second kappa shape index (κ2) is 11.7. The summed E-state index contributed by atoms with van der Waals surface area (Å²) in [6.45, 7) is 0. The van der Waals surface area contributed by atoms with Gasteiger partial charge in [0, 0.05) is 38.6 Å². The van der Waals surface area contributed by atoms with Crippen molar-refractivity contribution in [2.75, 3.05) is 4.90 Å². The largest absolute Gasteiger partial charge is 0.455 e. The molecule has 0 aliphatic rings. The highest BCUT2D eigenvalue weighted by atomic mass is 16.3. The Morgan fingerprint density at radius 3 is 1.98 bits per heavy atom. The van der Waals surface area contributed by atoms with Crippen LogP contribution in [0.1, 0.15) is 0 Å². The van der Waals surface area contributed by atoms with Gasteiger partial charge in [0.15, 0.2) is 0 Å². The molecule has 0 aliphatic carbocycles. The molecule has 9 aromatic carbocycles. The van der Waals surface area contributed by atoms with E-state index < -0.39 is 0 Å². The van der Waals surface area contributed by atoms with Crippen LogP contribution in [-0.4, -0.2) is 4.57 Å². The fraction of sp³-hybridized carbons (Fsp3) is 0. The third kappa shape index (κ3) is 4.61. The van der Waals surface area contributed by atoms with Crippen LogP contribution >= 0.6 is 0 Å². The Labute approximate surface area is 306 Å². The summed E-state index contributed by atoms with van der Waals surface area (Å²) in [5, 5.41) is 9.37. The molecule has 0 fully saturated rings. The van der Waals surface area contributed by atoms with Crippen molar-refractivity contribution in [1.29, 1.82) is 0 Å². The summed E-state index contributed by atoms with van der Waals surface area (Å²) < 4.78 is 9.09. The van der Waals surface area contributed by atoms with Gasteiger partial charge in [-0.3, -0.25) is 0 Å². The predicted molar refractivity (Wildman–Crippen MR) is 223 cm³/mol. The molecule has 0 N–H and O–H groups in total. The number of aromatic nitrogens is 1. The first-order valence-corrected chi connectivity index (χ1v) is 18.1. The SMILES string of the molecule is c1ccc(-n2c3ccccc3c3cc(N(c4cccc(-c5cccc6ccccc56)c4)c4cccc5oc6c7ccccc7ccc6c45)ccc32)cc1. The number of anilines is 3. The van der Waals surface area contributed by atoms with E-state index in [0.717, 1.165) is 50.1 Å². The molecule has 11 rings (SSSR count). The van der Waals surface area contributed by atoms with E-state index in [-0.39, 0.29) is 0 Å². The molecular weight excluding hydrogens is 645 g/mol. The van der Waals surface area contributed by atoms with Crippen molar-refractivity contribution in [2.45, 2.75) is 0 Å². The van der Waals surface area contributed by atoms with Gasteiger partial charge in [0.1, 0.15) is 11.2 Å². The highest BCUT2D eigenvalue weighted by Gasteiger charge is 2.22. The fourth-order valence-electron chi connectivity index (χ4n) is 8.39. The first-order chi connectivity index (χ1) is 26.3. The highest BCUT2D eigenvalue weighted by molar-refractivity contribution is 6.20. The van der Waals surface area contributed by atoms with Gasteiger partial charge in [0.05, 0.1) is 22.1 Å². The normalized spacial score (nSPS) is 11.8. The van der Waals surface area contributed by atoms with E-state index in [1.54, 1.807) is 0 Å². The maximum atomic E-state index is 6.72. The Morgan fingerprint density at radius 2 is 1.09 bits per heavy atom. The smallest absolute Gasteiger partial charge is 0.143 e. The van der Waals surface area contributed by atoms with Crippen LogP contribution in [0.25, 0.3) is 82.1 Å². The van der Waals surface area contributed by atoms with Crippen LogP contribution in [0.2, 0.25) is 0 Å². The molecule has 3 heteroatoms. The van der Waals surface area contributed by atoms with E-state index in [1.807, 2.05) is 0 Å². The van der Waals surface area contributed by atoms with Gasteiger partial charge in [-0.1, -0.05) is 127 Å². The lowest BCUT2D eigenvalue weighted by Crippen LogP contribution is -2.10. The van der Waals surface area contributed by atoms with Crippen molar-refractivity contribution in [1.82, 2.24) is 4.57 Å². The van der Waals surface area contributed by atoms with E-state index in [1.165, 1.54) is 49.1 Å². The summed E-state index contributed by atoms with van der Waals surface area (Å²) in [5.74, 6) is 0. The van der Waals surface area contributed by atoms with Crippen LogP contribution < -0.4 is 4.90 Å². The molecule has 0 radical (unpaired) electrons. The minimum atomic E-state index is 0.866. The Hall–Kier alpha value is -7.10. The number of hydrogen-bond acceptors (Lipinski definition) is 2. The number of rotatable bonds is 5. The van der Waals surface area contributed by atoms with E-state index in [0.29, 0.717) is 0 Å². The van der Waals surface area contributed by atoms with E-state index in [2.05, 4.69) is 204 Å². The van der Waals surface area contributed by atoms with Crippen molar-refractivity contribution in [3.63, 3.8) is 0 Å². The molecule has 0 spiro atoms. The number of hydrogen-bond donors (Lipinski definition) is 0. The third-order valence-electron chi connectivity index (χ3n) is 10.7. The molecule has 0 atom stereocenters. The zero-order valence-corrected chi connectivity index (χ0v) is 28.8. The zero-order chi connectivity index (χ0) is 34.9. The van der Waals surface area contributed by atoms with E-state index in [4.69, 9.17) is 4.42 Å². The molecule has 0 saturated carbocycles. The summed E-state index contributed by atoms with van der Waals surface area (Å²) >= 11 is 0. The number of nitrogens with zero attached hydrogens (tertiary/aromatic N) is 2. The molecule has 248 valence electrons. The lowest BCUT2D eigenvalue weighted by Gasteiger charge is -2.27. The average Bonchev–Trinajstić information content (AvgIpc) is 3.78. The number of benzene rings is 9. The second-order valence-electron chi connectivity index (χ2n) is 13.7. The third-order valence-corrected chi connectivity index (χ3v) is 10.7. The molecule has 0 aliphatic heterocycles. The molecule has 0 saturated heterocycles. The van der Waals surface area contributed by atoms with Crippen LogP contribution in [0.3, 0.4) is 0 Å². The summed E-state index contributed by atoms with van der Waals surface area (Å²) in [4.78, 5) is 2.41. The summed E-state index contributed by atoms with van der Waals surface area (Å²) in [6, 6.07) is 69.7. The average molecular weight is 677 g/mol. The van der Waals surface area contributed by atoms with Crippen molar-refractivity contribution in [3.05, 3.63) is 194 Å². The molecule has 0 bridgehead atoms. The quantitative estimate of drug-likeness (QED) is 0.181. The Morgan fingerprint density at radius 1 is 0.415 bits per heavy atom. The van der Waals surface area contributed by atoms with Gasteiger partial charge in [-0.05, 0) is 94.0 Å². The molecule has 2 heterocycles. The van der Waals surface area contributed by atoms with Crippen molar-refractivity contribution in [2.24, 2.45) is 0 Å². The lowest BCUT2D eigenvalue weighted by atomic mass is 9.97. The Kier molecular flexibility index (Phi) is 6.55. The number of fused-ring (bicyclic) bond motifs is 9. The molecule has 0 amide bonds. The monoisotopic (exact) mass is 676 g/mol. The molecule has 11 aromatic rings. The molecular formula is C50H32N2O. The van der Waals surface area contributed by atoms with Gasteiger partial charge in [0.25, 0.3) is 0 Å². The Bertz CT molecular complexity index is 3180. The fourth-order valence-corrected chi connectivity index (χ4v) is 8.39. The second-order valence-corrected chi connectivity index (χ2v) is 13.7. The molecule has 0 unspecified atom stereocenters. The van der Waals surface area contributed by atoms with E-state index >= 15 is 0 Å². The van der Waals surface area contributed by atoms with Gasteiger partial charge in [-0.15, -0.1) is 0 Å². The van der Waals surface area contributed by atoms with Crippen molar-refractivity contribution < 1.29 is 4.42 Å². The zero-order valence-electron chi connectivity index (χ0n) is 28.8. The predicted octanol–water partition coefficient (Wildman–Crippen LogP) is 14.1. The van der Waals surface area contributed by atoms with Gasteiger partial charge in [-0.25, -0.2) is 0 Å². The maximum absolute atomic E-state index is 6.72. The molecule has 3 nitrogen and oxygen atoms in total. The first-order valence-electron chi connectivity index (χ1n) is 18.1. The summed E-state index contributed by atoms with van der Waals surface area (Å²) in [5.41, 5.74) is 10.9. The lowest BCUT2D eigenvalue weighted by molar-refractivity contribution is 0.672. The standard InChI is InChI=1S/C50H32N2O/c1-2-17-36(18-3-1)52-45-24-9-8-22-42(45)44-32-38(28-30-46(44)52)51(37-19-10-16-35(31-37)40-23-11-15-33-13-4-6-20-39(33)40)47-25-12-26-48-49(47)43-29-27-34-14-5-7-21-41(34)50(43)53-48/h1-32H. The molecule has 2 aromatic heterocycles. The molecule has 53 heavy (non-hydrogen) atoms. The van der Waals surface area contributed by atoms with Gasteiger partial charge in [-0.2, -0.15) is 0 Å². The summed E-state index contributed by atoms with van der Waals surface area (Å²) in [6.07, 6.45) is 0. The minimum absolute atomic E-state index is 0.866. The van der Waals surface area contributed by atoms with Gasteiger partial charge < -0.3 is 13.9 Å². The maximum Gasteiger partial charge on any atom is 0.143 e. The van der Waals surface area contributed by atoms with Crippen LogP contribution in [0.15, 0.2) is 199 Å². The van der Waals surface area contributed by atoms with Gasteiger partial charge in [0.2, 0.25) is 0 Å². The van der Waals surface area contributed by atoms with Crippen LogP contribution in [0, 0.1) is 0 Å².